The second-order valence-electron chi connectivity index (χ2n) is 6.53. The van der Waals surface area contributed by atoms with E-state index in [4.69, 9.17) is 4.42 Å². The van der Waals surface area contributed by atoms with Crippen LogP contribution in [0.3, 0.4) is 0 Å². The molecule has 2 aromatic rings. The van der Waals surface area contributed by atoms with Gasteiger partial charge in [-0.2, -0.15) is 0 Å². The molecule has 126 valence electrons. The molecule has 0 saturated heterocycles. The van der Waals surface area contributed by atoms with Gasteiger partial charge in [-0.15, -0.1) is 0 Å². The zero-order valence-electron chi connectivity index (χ0n) is 14.5. The lowest BCUT2D eigenvalue weighted by Gasteiger charge is -2.27. The van der Waals surface area contributed by atoms with Crippen molar-refractivity contribution in [2.24, 2.45) is 5.92 Å². The summed E-state index contributed by atoms with van der Waals surface area (Å²) in [6.45, 7) is 13.7. The predicted molar refractivity (Wildman–Crippen MR) is 91.1 cm³/mol. The van der Waals surface area contributed by atoms with Crippen molar-refractivity contribution in [3.63, 3.8) is 0 Å². The molecule has 0 unspecified atom stereocenters. The number of hydrogen-bond acceptors (Lipinski definition) is 4. The van der Waals surface area contributed by atoms with Crippen LogP contribution in [0.25, 0.3) is 0 Å². The maximum Gasteiger partial charge on any atom is 0.122 e. The fraction of sp³-hybridized carbons (Fsp3) is 0.611. The number of aromatic nitrogens is 2. The third kappa shape index (κ3) is 4.03. The average Bonchev–Trinajstić information content (AvgIpc) is 3.10. The van der Waals surface area contributed by atoms with E-state index in [1.165, 1.54) is 0 Å². The summed E-state index contributed by atoms with van der Waals surface area (Å²) in [5.41, 5.74) is 0. The first-order chi connectivity index (χ1) is 11.2. The van der Waals surface area contributed by atoms with Gasteiger partial charge in [-0.3, -0.25) is 4.90 Å². The van der Waals surface area contributed by atoms with Gasteiger partial charge in [0.2, 0.25) is 0 Å². The molecule has 0 saturated carbocycles. The molecule has 0 fully saturated rings. The number of rotatable bonds is 6. The molecule has 0 aromatic carbocycles. The highest BCUT2D eigenvalue weighted by Crippen LogP contribution is 2.19. The third-order valence-corrected chi connectivity index (χ3v) is 4.72. The zero-order valence-corrected chi connectivity index (χ0v) is 14.5. The number of furan rings is 1. The van der Waals surface area contributed by atoms with Crippen molar-refractivity contribution in [3.8, 4) is 0 Å². The second-order valence-corrected chi connectivity index (χ2v) is 6.53. The van der Waals surface area contributed by atoms with E-state index >= 15 is 0 Å². The quantitative estimate of drug-likeness (QED) is 0.821. The van der Waals surface area contributed by atoms with Gasteiger partial charge in [-0.1, -0.05) is 13.8 Å². The van der Waals surface area contributed by atoms with E-state index in [2.05, 4.69) is 45.5 Å². The minimum Gasteiger partial charge on any atom is -0.465 e. The fourth-order valence-corrected chi connectivity index (χ4v) is 3.50. The summed E-state index contributed by atoms with van der Waals surface area (Å²) in [4.78, 5) is 9.53. The van der Waals surface area contributed by atoms with Crippen LogP contribution in [0.4, 0.5) is 0 Å². The van der Waals surface area contributed by atoms with Crippen molar-refractivity contribution < 1.29 is 4.42 Å². The number of fused-ring (bicyclic) bond motifs is 1. The van der Waals surface area contributed by atoms with Crippen LogP contribution >= 0.6 is 0 Å². The molecule has 5 nitrogen and oxygen atoms in total. The fourth-order valence-electron chi connectivity index (χ4n) is 3.50. The van der Waals surface area contributed by atoms with Crippen molar-refractivity contribution in [2.75, 3.05) is 26.2 Å². The maximum atomic E-state index is 5.78. The van der Waals surface area contributed by atoms with Gasteiger partial charge in [0.25, 0.3) is 0 Å². The van der Waals surface area contributed by atoms with Gasteiger partial charge in [0.15, 0.2) is 0 Å². The molecule has 23 heavy (non-hydrogen) atoms. The van der Waals surface area contributed by atoms with Crippen LogP contribution in [0.2, 0.25) is 0 Å². The van der Waals surface area contributed by atoms with Crippen LogP contribution < -0.4 is 0 Å². The lowest BCUT2D eigenvalue weighted by molar-refractivity contribution is 0.166. The second kappa shape index (κ2) is 7.32. The van der Waals surface area contributed by atoms with Crippen molar-refractivity contribution >= 4 is 0 Å². The van der Waals surface area contributed by atoms with Crippen LogP contribution in [-0.2, 0) is 19.6 Å². The van der Waals surface area contributed by atoms with Crippen molar-refractivity contribution in [2.45, 2.75) is 40.4 Å². The minimum atomic E-state index is 0.612. The average molecular weight is 316 g/mol. The van der Waals surface area contributed by atoms with Gasteiger partial charge in [0.1, 0.15) is 17.3 Å². The third-order valence-electron chi connectivity index (χ3n) is 4.72. The van der Waals surface area contributed by atoms with Crippen LogP contribution in [0, 0.1) is 12.8 Å². The molecule has 1 aliphatic heterocycles. The summed E-state index contributed by atoms with van der Waals surface area (Å²) >= 11 is 0. The van der Waals surface area contributed by atoms with Gasteiger partial charge >= 0.3 is 0 Å². The van der Waals surface area contributed by atoms with Gasteiger partial charge in [-0.25, -0.2) is 4.98 Å². The Morgan fingerprint density at radius 3 is 2.78 bits per heavy atom. The van der Waals surface area contributed by atoms with Crippen molar-refractivity contribution in [1.29, 1.82) is 0 Å². The molecule has 3 rings (SSSR count). The molecule has 2 aromatic heterocycles. The largest absolute Gasteiger partial charge is 0.465 e. The molecule has 3 heterocycles. The first-order valence-corrected chi connectivity index (χ1v) is 8.68. The molecule has 0 spiro atoms. The van der Waals surface area contributed by atoms with Gasteiger partial charge in [0.05, 0.1) is 13.1 Å². The Kier molecular flexibility index (Phi) is 5.18. The Labute approximate surface area is 138 Å². The molecule has 0 radical (unpaired) electrons. The number of imidazole rings is 1. The normalized spacial score (nSPS) is 19.0. The SMILES string of the molecule is CCN(CC)C[C@@H]1CN(Cc2ccc(C)o2)Cc2nccn2C1. The highest BCUT2D eigenvalue weighted by molar-refractivity contribution is 5.06. The molecular weight excluding hydrogens is 288 g/mol. The summed E-state index contributed by atoms with van der Waals surface area (Å²) in [7, 11) is 0. The smallest absolute Gasteiger partial charge is 0.122 e. The van der Waals surface area contributed by atoms with E-state index in [0.717, 1.165) is 63.2 Å². The number of aryl methyl sites for hydroxylation is 1. The predicted octanol–water partition coefficient (Wildman–Crippen LogP) is 2.76. The first-order valence-electron chi connectivity index (χ1n) is 8.68. The number of nitrogens with zero attached hydrogens (tertiary/aromatic N) is 4. The minimum absolute atomic E-state index is 0.612. The molecule has 0 aliphatic carbocycles. The standard InChI is InChI=1S/C18H28N4O/c1-4-20(5-2)10-16-11-21(13-17-7-6-15(3)23-17)14-18-19-8-9-22(18)12-16/h6-9,16H,4-5,10-14H2,1-3H3/t16-/m1/s1. The molecule has 5 heteroatoms. The van der Waals surface area contributed by atoms with Gasteiger partial charge in [0, 0.05) is 37.9 Å². The molecule has 1 aliphatic rings. The summed E-state index contributed by atoms with van der Waals surface area (Å²) in [5.74, 6) is 3.80. The molecule has 0 amide bonds. The van der Waals surface area contributed by atoms with E-state index in [1.54, 1.807) is 0 Å². The summed E-state index contributed by atoms with van der Waals surface area (Å²) in [5, 5.41) is 0. The molecule has 1 atom stereocenters. The number of hydrogen-bond donors (Lipinski definition) is 0. The Balaban J connectivity index is 1.74. The molecular formula is C18H28N4O. The highest BCUT2D eigenvalue weighted by Gasteiger charge is 2.24. The van der Waals surface area contributed by atoms with E-state index < -0.39 is 0 Å². The Bertz CT molecular complexity index is 614. The van der Waals surface area contributed by atoms with Crippen molar-refractivity contribution in [1.82, 2.24) is 19.4 Å². The van der Waals surface area contributed by atoms with Crippen LogP contribution in [0.1, 0.15) is 31.2 Å². The summed E-state index contributed by atoms with van der Waals surface area (Å²) in [6.07, 6.45) is 4.04. The maximum absolute atomic E-state index is 5.78. The summed E-state index contributed by atoms with van der Waals surface area (Å²) in [6, 6.07) is 4.13. The van der Waals surface area contributed by atoms with E-state index in [0.29, 0.717) is 5.92 Å². The monoisotopic (exact) mass is 316 g/mol. The first kappa shape index (κ1) is 16.3. The Morgan fingerprint density at radius 2 is 2.09 bits per heavy atom. The topological polar surface area (TPSA) is 37.4 Å². The lowest BCUT2D eigenvalue weighted by Crippen LogP contribution is -2.36. The molecule has 0 N–H and O–H groups in total. The Morgan fingerprint density at radius 1 is 1.26 bits per heavy atom. The highest BCUT2D eigenvalue weighted by atomic mass is 16.3. The van der Waals surface area contributed by atoms with Crippen LogP contribution in [0.5, 0.6) is 0 Å². The van der Waals surface area contributed by atoms with Crippen LogP contribution in [0.15, 0.2) is 28.9 Å². The van der Waals surface area contributed by atoms with E-state index in [-0.39, 0.29) is 0 Å². The van der Waals surface area contributed by atoms with Gasteiger partial charge in [-0.05, 0) is 32.1 Å². The van der Waals surface area contributed by atoms with Gasteiger partial charge < -0.3 is 13.9 Å². The van der Waals surface area contributed by atoms with E-state index in [1.807, 2.05) is 19.2 Å². The lowest BCUT2D eigenvalue weighted by atomic mass is 10.1. The molecule has 0 bridgehead atoms. The summed E-state index contributed by atoms with van der Waals surface area (Å²) < 4.78 is 8.10. The van der Waals surface area contributed by atoms with Crippen LogP contribution in [-0.4, -0.2) is 45.5 Å². The van der Waals surface area contributed by atoms with Crippen molar-refractivity contribution in [3.05, 3.63) is 41.9 Å². The Hall–Kier alpha value is -1.59. The van der Waals surface area contributed by atoms with E-state index in [9.17, 15) is 0 Å². The zero-order chi connectivity index (χ0) is 16.2.